The van der Waals surface area contributed by atoms with E-state index in [1.807, 2.05) is 6.07 Å². The first-order valence-corrected chi connectivity index (χ1v) is 7.03. The fourth-order valence-corrected chi connectivity index (χ4v) is 3.08. The SMILES string of the molecule is CC(C)c1cc2c(cc1O)C(C)(C)CCC2(C)C. The van der Waals surface area contributed by atoms with E-state index in [-0.39, 0.29) is 10.8 Å². The lowest BCUT2D eigenvalue weighted by atomic mass is 9.62. The van der Waals surface area contributed by atoms with Crippen LogP contribution >= 0.6 is 0 Å². The van der Waals surface area contributed by atoms with Gasteiger partial charge in [-0.15, -0.1) is 0 Å². The third kappa shape index (κ3) is 2.04. The summed E-state index contributed by atoms with van der Waals surface area (Å²) in [6, 6.07) is 4.27. The molecule has 0 radical (unpaired) electrons. The molecule has 0 saturated heterocycles. The summed E-state index contributed by atoms with van der Waals surface area (Å²) >= 11 is 0. The van der Waals surface area contributed by atoms with Gasteiger partial charge >= 0.3 is 0 Å². The predicted molar refractivity (Wildman–Crippen MR) is 77.5 cm³/mol. The second-order valence-corrected chi connectivity index (χ2v) is 7.38. The number of hydrogen-bond acceptors (Lipinski definition) is 1. The van der Waals surface area contributed by atoms with Crippen LogP contribution in [0.4, 0.5) is 0 Å². The fourth-order valence-electron chi connectivity index (χ4n) is 3.08. The summed E-state index contributed by atoms with van der Waals surface area (Å²) in [6.07, 6.45) is 2.41. The Hall–Kier alpha value is -0.980. The number of rotatable bonds is 1. The van der Waals surface area contributed by atoms with Crippen LogP contribution in [0, 0.1) is 0 Å². The molecule has 1 N–H and O–H groups in total. The lowest BCUT2D eigenvalue weighted by molar-refractivity contribution is 0.329. The third-order valence-corrected chi connectivity index (χ3v) is 4.62. The second kappa shape index (κ2) is 4.01. The van der Waals surface area contributed by atoms with Crippen LogP contribution in [0.25, 0.3) is 0 Å². The lowest BCUT2D eigenvalue weighted by Crippen LogP contribution is -2.34. The van der Waals surface area contributed by atoms with E-state index in [4.69, 9.17) is 0 Å². The van der Waals surface area contributed by atoms with Crippen molar-refractivity contribution in [1.82, 2.24) is 0 Å². The van der Waals surface area contributed by atoms with Gasteiger partial charge < -0.3 is 5.11 Å². The Bertz CT molecular complexity index is 467. The topological polar surface area (TPSA) is 20.2 Å². The minimum atomic E-state index is 0.178. The second-order valence-electron chi connectivity index (χ2n) is 7.38. The van der Waals surface area contributed by atoms with E-state index in [2.05, 4.69) is 47.6 Å². The maximum Gasteiger partial charge on any atom is 0.119 e. The number of phenols is 1. The van der Waals surface area contributed by atoms with E-state index in [0.29, 0.717) is 11.7 Å². The molecule has 1 aliphatic carbocycles. The van der Waals surface area contributed by atoms with Crippen LogP contribution in [0.15, 0.2) is 12.1 Å². The highest BCUT2D eigenvalue weighted by atomic mass is 16.3. The molecule has 0 atom stereocenters. The van der Waals surface area contributed by atoms with Crippen molar-refractivity contribution in [1.29, 1.82) is 0 Å². The summed E-state index contributed by atoms with van der Waals surface area (Å²) in [4.78, 5) is 0. The van der Waals surface area contributed by atoms with Gasteiger partial charge in [0.15, 0.2) is 0 Å². The molecule has 0 bridgehead atoms. The van der Waals surface area contributed by atoms with E-state index < -0.39 is 0 Å². The molecule has 0 unspecified atom stereocenters. The van der Waals surface area contributed by atoms with E-state index in [9.17, 15) is 5.11 Å². The van der Waals surface area contributed by atoms with Gasteiger partial charge in [0.25, 0.3) is 0 Å². The van der Waals surface area contributed by atoms with Crippen molar-refractivity contribution in [3.05, 3.63) is 28.8 Å². The lowest BCUT2D eigenvalue weighted by Gasteiger charge is -2.42. The summed E-state index contributed by atoms with van der Waals surface area (Å²) in [6.45, 7) is 13.5. The van der Waals surface area contributed by atoms with Gasteiger partial charge in [0.1, 0.15) is 5.75 Å². The van der Waals surface area contributed by atoms with Crippen LogP contribution in [0.3, 0.4) is 0 Å². The Labute approximate surface area is 111 Å². The maximum absolute atomic E-state index is 10.2. The van der Waals surface area contributed by atoms with Gasteiger partial charge in [-0.1, -0.05) is 47.6 Å². The van der Waals surface area contributed by atoms with Gasteiger partial charge in [-0.3, -0.25) is 0 Å². The monoisotopic (exact) mass is 246 g/mol. The highest BCUT2D eigenvalue weighted by Crippen LogP contribution is 2.48. The normalized spacial score (nSPS) is 20.8. The molecule has 1 nitrogen and oxygen atoms in total. The smallest absolute Gasteiger partial charge is 0.119 e. The zero-order valence-electron chi connectivity index (χ0n) is 12.6. The van der Waals surface area contributed by atoms with Gasteiger partial charge in [0.2, 0.25) is 0 Å². The first kappa shape index (κ1) is 13.5. The Morgan fingerprint density at radius 2 is 1.39 bits per heavy atom. The average Bonchev–Trinajstić information content (AvgIpc) is 2.24. The molecule has 1 aliphatic rings. The van der Waals surface area contributed by atoms with Gasteiger partial charge in [-0.25, -0.2) is 0 Å². The van der Waals surface area contributed by atoms with E-state index in [1.54, 1.807) is 0 Å². The van der Waals surface area contributed by atoms with Crippen LogP contribution in [0.2, 0.25) is 0 Å². The van der Waals surface area contributed by atoms with Crippen molar-refractivity contribution < 1.29 is 5.11 Å². The Morgan fingerprint density at radius 1 is 0.944 bits per heavy atom. The zero-order chi connectivity index (χ0) is 13.7. The molecule has 1 aromatic rings. The molecule has 0 aliphatic heterocycles. The molecule has 0 fully saturated rings. The zero-order valence-corrected chi connectivity index (χ0v) is 12.6. The summed E-state index contributed by atoms with van der Waals surface area (Å²) in [5, 5.41) is 10.2. The quantitative estimate of drug-likeness (QED) is 0.750. The Morgan fingerprint density at radius 3 is 1.83 bits per heavy atom. The van der Waals surface area contributed by atoms with Crippen molar-refractivity contribution in [2.24, 2.45) is 0 Å². The number of hydrogen-bond donors (Lipinski definition) is 1. The van der Waals surface area contributed by atoms with Crippen molar-refractivity contribution in [2.45, 2.75) is 71.1 Å². The Kier molecular flexibility index (Phi) is 3.00. The largest absolute Gasteiger partial charge is 0.508 e. The molecule has 100 valence electrons. The van der Waals surface area contributed by atoms with Crippen LogP contribution < -0.4 is 0 Å². The van der Waals surface area contributed by atoms with E-state index in [0.717, 1.165) is 5.56 Å². The van der Waals surface area contributed by atoms with Gasteiger partial charge in [0, 0.05) is 0 Å². The Balaban J connectivity index is 2.69. The van der Waals surface area contributed by atoms with E-state index >= 15 is 0 Å². The van der Waals surface area contributed by atoms with Crippen molar-refractivity contribution >= 4 is 0 Å². The van der Waals surface area contributed by atoms with Crippen molar-refractivity contribution in [3.8, 4) is 5.75 Å². The highest BCUT2D eigenvalue weighted by Gasteiger charge is 2.37. The number of phenolic OH excluding ortho intramolecular Hbond substituents is 1. The molecule has 1 aromatic carbocycles. The molecule has 0 aromatic heterocycles. The molecule has 0 amide bonds. The van der Waals surface area contributed by atoms with Gasteiger partial charge in [-0.05, 0) is 52.3 Å². The molecular weight excluding hydrogens is 220 g/mol. The number of aromatic hydroxyl groups is 1. The molecular formula is C17H26O. The van der Waals surface area contributed by atoms with Crippen LogP contribution in [-0.4, -0.2) is 5.11 Å². The molecule has 2 rings (SSSR count). The first-order chi connectivity index (χ1) is 8.15. The summed E-state index contributed by atoms with van der Waals surface area (Å²) in [5.74, 6) is 0.839. The van der Waals surface area contributed by atoms with Crippen molar-refractivity contribution in [2.75, 3.05) is 0 Å². The average molecular weight is 246 g/mol. The highest BCUT2D eigenvalue weighted by molar-refractivity contribution is 5.50. The first-order valence-electron chi connectivity index (χ1n) is 7.03. The summed E-state index contributed by atoms with van der Waals surface area (Å²) in [5.41, 5.74) is 4.25. The van der Waals surface area contributed by atoms with Gasteiger partial charge in [-0.2, -0.15) is 0 Å². The number of fused-ring (bicyclic) bond motifs is 1. The third-order valence-electron chi connectivity index (χ3n) is 4.62. The van der Waals surface area contributed by atoms with Crippen LogP contribution in [-0.2, 0) is 10.8 Å². The standard InChI is InChI=1S/C17H26O/c1-11(2)12-9-13-14(10-15(12)18)17(5,6)8-7-16(13,3)4/h9-11,18H,7-8H2,1-6H3. The summed E-state index contributed by atoms with van der Waals surface area (Å²) < 4.78 is 0. The molecule has 0 spiro atoms. The fraction of sp³-hybridized carbons (Fsp3) is 0.647. The molecule has 1 heteroatoms. The van der Waals surface area contributed by atoms with E-state index in [1.165, 1.54) is 24.0 Å². The summed E-state index contributed by atoms with van der Waals surface area (Å²) in [7, 11) is 0. The van der Waals surface area contributed by atoms with Crippen LogP contribution in [0.1, 0.15) is 77.0 Å². The molecule has 0 saturated carbocycles. The minimum Gasteiger partial charge on any atom is -0.508 e. The van der Waals surface area contributed by atoms with Crippen LogP contribution in [0.5, 0.6) is 5.75 Å². The predicted octanol–water partition coefficient (Wildman–Crippen LogP) is 4.86. The van der Waals surface area contributed by atoms with Gasteiger partial charge in [0.05, 0.1) is 0 Å². The van der Waals surface area contributed by atoms with Crippen molar-refractivity contribution in [3.63, 3.8) is 0 Å². The maximum atomic E-state index is 10.2. The molecule has 18 heavy (non-hydrogen) atoms. The minimum absolute atomic E-state index is 0.178. The number of benzene rings is 1. The molecule has 0 heterocycles.